The van der Waals surface area contributed by atoms with E-state index in [9.17, 15) is 0 Å². The minimum Gasteiger partial charge on any atom is -0.466 e. The fourth-order valence-electron chi connectivity index (χ4n) is 1.26. The van der Waals surface area contributed by atoms with Crippen molar-refractivity contribution in [3.05, 3.63) is 25.0 Å². The first-order valence-corrected chi connectivity index (χ1v) is 4.92. The Morgan fingerprint density at radius 3 is 1.88 bits per heavy atom. The fourth-order valence-corrected chi connectivity index (χ4v) is 1.26. The molecule has 2 rings (SSSR count). The highest BCUT2D eigenvalue weighted by Gasteiger charge is 2.32. The van der Waals surface area contributed by atoms with E-state index in [1.54, 1.807) is 6.92 Å². The molecule has 2 aliphatic rings. The minimum atomic E-state index is -0.937. The Morgan fingerprint density at radius 2 is 1.50 bits per heavy atom. The third kappa shape index (κ3) is 4.19. The van der Waals surface area contributed by atoms with Crippen molar-refractivity contribution < 1.29 is 29.5 Å². The average Bonchev–Trinajstić information content (AvgIpc) is 2.29. The predicted octanol–water partition coefficient (Wildman–Crippen LogP) is -0.189. The lowest BCUT2D eigenvalue weighted by Crippen LogP contribution is -2.46. The van der Waals surface area contributed by atoms with Gasteiger partial charge in [-0.2, -0.15) is 0 Å². The van der Waals surface area contributed by atoms with Crippen LogP contribution in [0.1, 0.15) is 13.3 Å². The van der Waals surface area contributed by atoms with E-state index in [4.69, 9.17) is 20.1 Å². The van der Waals surface area contributed by atoms with Crippen LogP contribution < -0.4 is 0 Å². The van der Waals surface area contributed by atoms with Crippen LogP contribution in [-0.2, 0) is 14.2 Å². The summed E-state index contributed by atoms with van der Waals surface area (Å²) in [6.45, 7) is 1.61. The van der Waals surface area contributed by atoms with E-state index in [1.807, 2.05) is 0 Å². The first-order chi connectivity index (χ1) is 7.61. The summed E-state index contributed by atoms with van der Waals surface area (Å²) in [6.07, 6.45) is 2.76. The van der Waals surface area contributed by atoms with Crippen molar-refractivity contribution in [1.82, 2.24) is 0 Å². The summed E-state index contributed by atoms with van der Waals surface area (Å²) >= 11 is 0. The van der Waals surface area contributed by atoms with Crippen LogP contribution in [0.2, 0.25) is 0 Å². The standard InChI is InChI=1S/C6H12O4.C4H4O2/c1-3-6(9)4(7)2-5(8)10-3;1-2-6-4-3-5-1/h3-9H,2H2,1H3;1-4H/t3-,4+,5?,6-;/m1./s1. The number of hydrogen-bond acceptors (Lipinski definition) is 6. The zero-order chi connectivity index (χ0) is 12.0. The molecule has 2 aliphatic heterocycles. The van der Waals surface area contributed by atoms with Crippen molar-refractivity contribution >= 4 is 0 Å². The van der Waals surface area contributed by atoms with E-state index in [1.165, 1.54) is 25.0 Å². The van der Waals surface area contributed by atoms with Gasteiger partial charge in [-0.15, -0.1) is 0 Å². The molecule has 4 atom stereocenters. The van der Waals surface area contributed by atoms with Crippen molar-refractivity contribution in [3.8, 4) is 0 Å². The first kappa shape index (κ1) is 13.0. The number of aliphatic hydroxyl groups is 3. The average molecular weight is 232 g/mol. The van der Waals surface area contributed by atoms with E-state index < -0.39 is 24.6 Å². The van der Waals surface area contributed by atoms with Crippen LogP contribution in [0.5, 0.6) is 0 Å². The van der Waals surface area contributed by atoms with Crippen molar-refractivity contribution in [2.45, 2.75) is 37.9 Å². The Labute approximate surface area is 93.4 Å². The van der Waals surface area contributed by atoms with Crippen molar-refractivity contribution in [1.29, 1.82) is 0 Å². The highest BCUT2D eigenvalue weighted by Crippen LogP contribution is 2.17. The highest BCUT2D eigenvalue weighted by molar-refractivity contribution is 4.79. The number of ether oxygens (including phenoxy) is 3. The van der Waals surface area contributed by atoms with Crippen molar-refractivity contribution in [3.63, 3.8) is 0 Å². The van der Waals surface area contributed by atoms with Crippen molar-refractivity contribution in [2.75, 3.05) is 0 Å². The summed E-state index contributed by atoms with van der Waals surface area (Å²) in [5.41, 5.74) is 0. The largest absolute Gasteiger partial charge is 0.466 e. The van der Waals surface area contributed by atoms with E-state index in [0.717, 1.165) is 0 Å². The number of rotatable bonds is 0. The zero-order valence-electron chi connectivity index (χ0n) is 8.89. The lowest BCUT2D eigenvalue weighted by atomic mass is 10.0. The lowest BCUT2D eigenvalue weighted by Gasteiger charge is -2.32. The normalized spacial score (nSPS) is 36.8. The highest BCUT2D eigenvalue weighted by atomic mass is 16.6. The molecule has 6 heteroatoms. The molecule has 1 saturated heterocycles. The number of hydrogen-bond donors (Lipinski definition) is 3. The van der Waals surface area contributed by atoms with Gasteiger partial charge >= 0.3 is 0 Å². The fraction of sp³-hybridized carbons (Fsp3) is 0.600. The van der Waals surface area contributed by atoms with Crippen LogP contribution in [0.25, 0.3) is 0 Å². The monoisotopic (exact) mass is 232 g/mol. The lowest BCUT2D eigenvalue weighted by molar-refractivity contribution is -0.226. The molecule has 6 nitrogen and oxygen atoms in total. The van der Waals surface area contributed by atoms with Gasteiger partial charge in [-0.3, -0.25) is 0 Å². The molecule has 0 spiro atoms. The molecule has 1 fully saturated rings. The van der Waals surface area contributed by atoms with Gasteiger partial charge in [0.1, 0.15) is 31.2 Å². The topological polar surface area (TPSA) is 88.4 Å². The van der Waals surface area contributed by atoms with E-state index in [-0.39, 0.29) is 6.42 Å². The van der Waals surface area contributed by atoms with Crippen LogP contribution in [0.15, 0.2) is 25.0 Å². The molecule has 0 aromatic heterocycles. The van der Waals surface area contributed by atoms with Crippen LogP contribution in [0, 0.1) is 0 Å². The van der Waals surface area contributed by atoms with Gasteiger partial charge in [-0.25, -0.2) is 0 Å². The second-order valence-corrected chi connectivity index (χ2v) is 3.41. The minimum absolute atomic E-state index is 0.0888. The maximum Gasteiger partial charge on any atom is 0.157 e. The molecular weight excluding hydrogens is 216 g/mol. The molecule has 3 N–H and O–H groups in total. The van der Waals surface area contributed by atoms with Crippen LogP contribution in [-0.4, -0.2) is 39.9 Å². The van der Waals surface area contributed by atoms with Gasteiger partial charge < -0.3 is 29.5 Å². The second kappa shape index (κ2) is 6.49. The molecule has 92 valence electrons. The molecule has 0 saturated carbocycles. The maximum absolute atomic E-state index is 9.08. The van der Waals surface area contributed by atoms with Gasteiger partial charge in [-0.1, -0.05) is 0 Å². The third-order valence-corrected chi connectivity index (χ3v) is 2.12. The van der Waals surface area contributed by atoms with E-state index >= 15 is 0 Å². The molecule has 0 amide bonds. The van der Waals surface area contributed by atoms with Gasteiger partial charge in [0.15, 0.2) is 6.29 Å². The van der Waals surface area contributed by atoms with Crippen molar-refractivity contribution in [2.24, 2.45) is 0 Å². The van der Waals surface area contributed by atoms with Crippen LogP contribution in [0.3, 0.4) is 0 Å². The van der Waals surface area contributed by atoms with Gasteiger partial charge in [-0.05, 0) is 6.92 Å². The Morgan fingerprint density at radius 1 is 1.00 bits per heavy atom. The van der Waals surface area contributed by atoms with E-state index in [2.05, 4.69) is 9.47 Å². The molecule has 0 radical (unpaired) electrons. The molecule has 1 unspecified atom stereocenters. The van der Waals surface area contributed by atoms with Gasteiger partial charge in [0, 0.05) is 6.42 Å². The maximum atomic E-state index is 9.08. The summed E-state index contributed by atoms with van der Waals surface area (Å²) in [7, 11) is 0. The smallest absolute Gasteiger partial charge is 0.157 e. The molecule has 0 bridgehead atoms. The molecule has 0 aromatic rings. The van der Waals surface area contributed by atoms with Gasteiger partial charge in [0.25, 0.3) is 0 Å². The molecule has 0 aromatic carbocycles. The van der Waals surface area contributed by atoms with E-state index in [0.29, 0.717) is 0 Å². The van der Waals surface area contributed by atoms with Crippen LogP contribution in [0.4, 0.5) is 0 Å². The summed E-state index contributed by atoms with van der Waals surface area (Å²) in [6, 6.07) is 0. The summed E-state index contributed by atoms with van der Waals surface area (Å²) < 4.78 is 14.0. The Bertz CT molecular complexity index is 220. The summed E-state index contributed by atoms with van der Waals surface area (Å²) in [4.78, 5) is 0. The predicted molar refractivity (Wildman–Crippen MR) is 53.6 cm³/mol. The molecular formula is C10H16O6. The SMILES string of the molecule is C1=COC=CO1.C[C@H]1OC(O)C[C@H](O)[C@@H]1O. The molecule has 16 heavy (non-hydrogen) atoms. The zero-order valence-corrected chi connectivity index (χ0v) is 8.89. The second-order valence-electron chi connectivity index (χ2n) is 3.41. The van der Waals surface area contributed by atoms with Crippen LogP contribution >= 0.6 is 0 Å². The van der Waals surface area contributed by atoms with Gasteiger partial charge in [0.2, 0.25) is 0 Å². The third-order valence-electron chi connectivity index (χ3n) is 2.12. The number of aliphatic hydroxyl groups excluding tert-OH is 3. The summed E-state index contributed by atoms with van der Waals surface area (Å²) in [5.74, 6) is 0. The first-order valence-electron chi connectivity index (χ1n) is 4.92. The summed E-state index contributed by atoms with van der Waals surface area (Å²) in [5, 5.41) is 27.0. The molecule has 2 heterocycles. The Balaban J connectivity index is 0.000000181. The van der Waals surface area contributed by atoms with Gasteiger partial charge in [0.05, 0.1) is 12.2 Å². The quantitative estimate of drug-likeness (QED) is 0.536. The Hall–Kier alpha value is -1.08. The molecule has 0 aliphatic carbocycles. The Kier molecular flexibility index (Phi) is 5.27.